The van der Waals surface area contributed by atoms with Gasteiger partial charge in [-0.1, -0.05) is 10.4 Å². The van der Waals surface area contributed by atoms with Gasteiger partial charge in [-0.15, -0.1) is 10.2 Å². The molecule has 0 saturated carbocycles. The minimum Gasteiger partial charge on any atom is -0.394 e. The number of ether oxygens (including phenoxy) is 2. The summed E-state index contributed by atoms with van der Waals surface area (Å²) in [6.07, 6.45) is 0.355. The van der Waals surface area contributed by atoms with Gasteiger partial charge in [0.05, 0.1) is 30.3 Å². The molecule has 43 heavy (non-hydrogen) atoms. The van der Waals surface area contributed by atoms with Gasteiger partial charge >= 0.3 is 0 Å². The van der Waals surface area contributed by atoms with E-state index in [1.54, 1.807) is 24.7 Å². The van der Waals surface area contributed by atoms with Crippen LogP contribution in [0.2, 0.25) is 0 Å². The van der Waals surface area contributed by atoms with Crippen molar-refractivity contribution in [3.05, 3.63) is 47.7 Å². The molecule has 1 aromatic carbocycles. The molecular formula is C26H34F3N7O6S. The molecule has 2 N–H and O–H groups in total. The summed E-state index contributed by atoms with van der Waals surface area (Å²) in [5.41, 5.74) is 0.675. The fourth-order valence-corrected chi connectivity index (χ4v) is 6.97. The lowest BCUT2D eigenvalue weighted by atomic mass is 9.92. The van der Waals surface area contributed by atoms with E-state index in [1.165, 1.54) is 22.3 Å². The number of piperidine rings is 1. The molecule has 5 rings (SSSR count). The van der Waals surface area contributed by atoms with Crippen LogP contribution in [0.3, 0.4) is 0 Å². The molecule has 13 nitrogen and oxygen atoms in total. The number of halogens is 3. The summed E-state index contributed by atoms with van der Waals surface area (Å²) >= 11 is 0. The standard InChI is InChI=1S/C26H34F3N7O6S/c1-14(2)43(39,40)35-6-4-15(5-7-35)19-10-34(32-30-19)12-21-26(41-3)24(25(38)22(13-37)42-21)36-11-20(31-33-36)16-8-17(27)23(29)18(28)9-16/h8-11,14-15,21-22,24-26,37-38H,4-7,12-13H2,1-3H3/t21-,22-,24+,25+,26+/m1/s1. The molecule has 4 heterocycles. The predicted octanol–water partition coefficient (Wildman–Crippen LogP) is 1.25. The van der Waals surface area contributed by atoms with E-state index in [0.29, 0.717) is 31.6 Å². The number of methoxy groups -OCH3 is 1. The number of aromatic nitrogens is 6. The zero-order chi connectivity index (χ0) is 31.1. The second kappa shape index (κ2) is 12.6. The number of aliphatic hydroxyl groups is 2. The Morgan fingerprint density at radius 1 is 1.07 bits per heavy atom. The van der Waals surface area contributed by atoms with Crippen LogP contribution in [0, 0.1) is 17.5 Å². The summed E-state index contributed by atoms with van der Waals surface area (Å²) in [4.78, 5) is 0. The van der Waals surface area contributed by atoms with Crippen molar-refractivity contribution in [1.82, 2.24) is 34.3 Å². The summed E-state index contributed by atoms with van der Waals surface area (Å²) in [6.45, 7) is 3.71. The second-order valence-corrected chi connectivity index (χ2v) is 13.5. The van der Waals surface area contributed by atoms with Crippen molar-refractivity contribution in [1.29, 1.82) is 0 Å². The summed E-state index contributed by atoms with van der Waals surface area (Å²) in [6, 6.07) is 0.637. The largest absolute Gasteiger partial charge is 0.394 e. The Hall–Kier alpha value is -2.96. The van der Waals surface area contributed by atoms with Gasteiger partial charge in [-0.25, -0.2) is 35.3 Å². The van der Waals surface area contributed by atoms with E-state index in [9.17, 15) is 31.8 Å². The SMILES string of the molecule is CO[C@@H]1[C@@H](n2cc(-c3cc(F)c(F)c(F)c3)nn2)[C@@H](O)[C@@H](CO)O[C@@H]1Cn1cc(C2CCN(S(=O)(=O)C(C)C)CC2)nn1. The van der Waals surface area contributed by atoms with E-state index in [2.05, 4.69) is 20.6 Å². The van der Waals surface area contributed by atoms with Gasteiger partial charge in [-0.05, 0) is 38.8 Å². The van der Waals surface area contributed by atoms with E-state index in [4.69, 9.17) is 9.47 Å². The first-order chi connectivity index (χ1) is 20.4. The van der Waals surface area contributed by atoms with Gasteiger partial charge in [-0.3, -0.25) is 0 Å². The lowest BCUT2D eigenvalue weighted by Crippen LogP contribution is -2.57. The van der Waals surface area contributed by atoms with Gasteiger partial charge in [0.25, 0.3) is 0 Å². The van der Waals surface area contributed by atoms with Crippen LogP contribution < -0.4 is 0 Å². The molecule has 0 radical (unpaired) electrons. The van der Waals surface area contributed by atoms with Gasteiger partial charge in [0, 0.05) is 37.9 Å². The highest BCUT2D eigenvalue weighted by molar-refractivity contribution is 7.89. The number of rotatable bonds is 9. The van der Waals surface area contributed by atoms with Crippen LogP contribution in [0.15, 0.2) is 24.5 Å². The van der Waals surface area contributed by atoms with Crippen molar-refractivity contribution in [3.8, 4) is 11.3 Å². The third-order valence-electron chi connectivity index (χ3n) is 8.08. The molecule has 5 atom stereocenters. The Morgan fingerprint density at radius 3 is 2.35 bits per heavy atom. The van der Waals surface area contributed by atoms with Crippen molar-refractivity contribution in [3.63, 3.8) is 0 Å². The third-order valence-corrected chi connectivity index (χ3v) is 10.4. The van der Waals surface area contributed by atoms with E-state index >= 15 is 0 Å². The van der Waals surface area contributed by atoms with Crippen LogP contribution in [0.5, 0.6) is 0 Å². The summed E-state index contributed by atoms with van der Waals surface area (Å²) in [5.74, 6) is -4.36. The minimum absolute atomic E-state index is 0.0207. The van der Waals surface area contributed by atoms with Crippen LogP contribution in [-0.4, -0.2) is 109 Å². The van der Waals surface area contributed by atoms with Crippen molar-refractivity contribution in [2.24, 2.45) is 0 Å². The maximum Gasteiger partial charge on any atom is 0.216 e. The zero-order valence-electron chi connectivity index (χ0n) is 23.8. The number of hydrogen-bond donors (Lipinski definition) is 2. The smallest absolute Gasteiger partial charge is 0.216 e. The zero-order valence-corrected chi connectivity index (χ0v) is 24.6. The summed E-state index contributed by atoms with van der Waals surface area (Å²) in [5, 5.41) is 37.0. The third kappa shape index (κ3) is 6.19. The molecule has 2 aromatic heterocycles. The molecule has 2 aliphatic rings. The molecule has 2 fully saturated rings. The normalized spacial score (nSPS) is 25.9. The van der Waals surface area contributed by atoms with Gasteiger partial charge in [0.15, 0.2) is 17.5 Å². The Kier molecular flexibility index (Phi) is 9.20. The average Bonchev–Trinajstić information content (AvgIpc) is 3.66. The Labute approximate surface area is 246 Å². The molecule has 2 saturated heterocycles. The quantitative estimate of drug-likeness (QED) is 0.330. The Bertz CT molecular complexity index is 1510. The van der Waals surface area contributed by atoms with Gasteiger partial charge in [-0.2, -0.15) is 0 Å². The fraction of sp³-hybridized carbons (Fsp3) is 0.615. The van der Waals surface area contributed by atoms with E-state index in [1.807, 2.05) is 0 Å². The molecule has 236 valence electrons. The highest BCUT2D eigenvalue weighted by Crippen LogP contribution is 2.34. The first-order valence-corrected chi connectivity index (χ1v) is 15.4. The molecule has 0 unspecified atom stereocenters. The van der Waals surface area contributed by atoms with Crippen LogP contribution in [0.1, 0.15) is 44.3 Å². The van der Waals surface area contributed by atoms with Gasteiger partial charge in [0.2, 0.25) is 10.0 Å². The van der Waals surface area contributed by atoms with E-state index in [-0.39, 0.29) is 23.7 Å². The first kappa shape index (κ1) is 31.5. The maximum atomic E-state index is 13.8. The minimum atomic E-state index is -3.33. The van der Waals surface area contributed by atoms with E-state index in [0.717, 1.165) is 12.1 Å². The maximum absolute atomic E-state index is 13.8. The predicted molar refractivity (Wildman–Crippen MR) is 145 cm³/mol. The van der Waals surface area contributed by atoms with Gasteiger partial charge < -0.3 is 19.7 Å². The molecule has 2 aliphatic heterocycles. The highest BCUT2D eigenvalue weighted by Gasteiger charge is 2.47. The van der Waals surface area contributed by atoms with Crippen LogP contribution in [-0.2, 0) is 26.0 Å². The number of nitrogens with zero attached hydrogens (tertiary/aromatic N) is 7. The second-order valence-electron chi connectivity index (χ2n) is 11.0. The number of benzene rings is 1. The van der Waals surface area contributed by atoms with Crippen molar-refractivity contribution in [2.75, 3.05) is 26.8 Å². The number of aliphatic hydroxyl groups excluding tert-OH is 2. The van der Waals surface area contributed by atoms with Crippen LogP contribution in [0.25, 0.3) is 11.3 Å². The number of sulfonamides is 1. The topological polar surface area (TPSA) is 158 Å². The lowest BCUT2D eigenvalue weighted by Gasteiger charge is -2.43. The van der Waals surface area contributed by atoms with Gasteiger partial charge in [0.1, 0.15) is 36.2 Å². The Balaban J connectivity index is 1.33. The summed E-state index contributed by atoms with van der Waals surface area (Å²) < 4.78 is 82.1. The van der Waals surface area contributed by atoms with Crippen molar-refractivity contribution < 1.29 is 41.3 Å². The molecule has 3 aromatic rings. The summed E-state index contributed by atoms with van der Waals surface area (Å²) in [7, 11) is -1.92. The molecule has 0 spiro atoms. The van der Waals surface area contributed by atoms with Crippen molar-refractivity contribution >= 4 is 10.0 Å². The van der Waals surface area contributed by atoms with E-state index < -0.39 is 69.8 Å². The first-order valence-electron chi connectivity index (χ1n) is 13.9. The molecule has 0 amide bonds. The lowest BCUT2D eigenvalue weighted by molar-refractivity contribution is -0.216. The molecule has 0 aliphatic carbocycles. The molecule has 17 heteroatoms. The number of hydrogen-bond acceptors (Lipinski definition) is 10. The average molecular weight is 630 g/mol. The van der Waals surface area contributed by atoms with Crippen LogP contribution >= 0.6 is 0 Å². The molecule has 0 bridgehead atoms. The monoisotopic (exact) mass is 629 g/mol. The van der Waals surface area contributed by atoms with Crippen LogP contribution in [0.4, 0.5) is 13.2 Å². The highest BCUT2D eigenvalue weighted by atomic mass is 32.2. The molecular weight excluding hydrogens is 595 g/mol. The fourth-order valence-electron chi connectivity index (χ4n) is 5.65. The van der Waals surface area contributed by atoms with Crippen molar-refractivity contribution in [2.45, 2.75) is 74.9 Å². The Morgan fingerprint density at radius 2 is 1.74 bits per heavy atom.